The van der Waals surface area contributed by atoms with Crippen molar-refractivity contribution in [2.24, 2.45) is 0 Å². The van der Waals surface area contributed by atoms with Crippen molar-refractivity contribution in [1.29, 1.82) is 0 Å². The summed E-state index contributed by atoms with van der Waals surface area (Å²) in [7, 11) is 0. The standard InChI is InChI=1S/C25H24N2O2/c1-14-9-10-19(16(3)11-14)24(28)26-21-8-6-7-20(18(21)5)25-27-22-13-15(2)12-17(4)23(22)29-25/h6-13H,1-5H3,(H,26,28). The minimum Gasteiger partial charge on any atom is -0.436 e. The number of fused-ring (bicyclic) bond motifs is 1. The lowest BCUT2D eigenvalue weighted by Crippen LogP contribution is -2.14. The van der Waals surface area contributed by atoms with Crippen molar-refractivity contribution < 1.29 is 9.21 Å². The van der Waals surface area contributed by atoms with Crippen LogP contribution >= 0.6 is 0 Å². The van der Waals surface area contributed by atoms with Crippen molar-refractivity contribution in [3.8, 4) is 11.5 Å². The first kappa shape index (κ1) is 18.9. The maximum absolute atomic E-state index is 12.8. The number of anilines is 1. The Kier molecular flexibility index (Phi) is 4.71. The Morgan fingerprint density at radius 1 is 0.897 bits per heavy atom. The lowest BCUT2D eigenvalue weighted by molar-refractivity contribution is 0.102. The molecule has 0 fully saturated rings. The zero-order chi connectivity index (χ0) is 20.7. The average Bonchev–Trinajstić information content (AvgIpc) is 3.07. The zero-order valence-electron chi connectivity index (χ0n) is 17.4. The van der Waals surface area contributed by atoms with E-state index in [9.17, 15) is 4.79 Å². The van der Waals surface area contributed by atoms with Gasteiger partial charge < -0.3 is 9.73 Å². The molecule has 0 saturated heterocycles. The summed E-state index contributed by atoms with van der Waals surface area (Å²) < 4.78 is 6.07. The van der Waals surface area contributed by atoms with Gasteiger partial charge in [0, 0.05) is 16.8 Å². The van der Waals surface area contributed by atoms with Crippen molar-refractivity contribution in [2.45, 2.75) is 34.6 Å². The number of amides is 1. The first-order chi connectivity index (χ1) is 13.8. The Hall–Kier alpha value is -3.40. The predicted octanol–water partition coefficient (Wildman–Crippen LogP) is 6.29. The van der Waals surface area contributed by atoms with Crippen LogP contribution in [-0.2, 0) is 0 Å². The number of hydrogen-bond donors (Lipinski definition) is 1. The molecule has 0 atom stereocenters. The number of rotatable bonds is 3. The third-order valence-corrected chi connectivity index (χ3v) is 5.26. The van der Waals surface area contributed by atoms with E-state index in [1.807, 2.05) is 70.2 Å². The van der Waals surface area contributed by atoms with E-state index in [0.717, 1.165) is 50.2 Å². The summed E-state index contributed by atoms with van der Waals surface area (Å²) in [6.07, 6.45) is 0. The van der Waals surface area contributed by atoms with Crippen LogP contribution < -0.4 is 5.32 Å². The first-order valence-electron chi connectivity index (χ1n) is 9.70. The quantitative estimate of drug-likeness (QED) is 0.452. The van der Waals surface area contributed by atoms with Gasteiger partial charge in [-0.1, -0.05) is 29.8 Å². The fraction of sp³-hybridized carbons (Fsp3) is 0.200. The molecule has 0 aliphatic heterocycles. The summed E-state index contributed by atoms with van der Waals surface area (Å²) >= 11 is 0. The molecule has 4 nitrogen and oxygen atoms in total. The van der Waals surface area contributed by atoms with Crippen LogP contribution in [0.1, 0.15) is 38.2 Å². The van der Waals surface area contributed by atoms with Crippen molar-refractivity contribution in [3.05, 3.63) is 81.9 Å². The number of benzene rings is 3. The van der Waals surface area contributed by atoms with E-state index >= 15 is 0 Å². The van der Waals surface area contributed by atoms with E-state index in [-0.39, 0.29) is 5.91 Å². The van der Waals surface area contributed by atoms with Crippen LogP contribution in [-0.4, -0.2) is 10.9 Å². The lowest BCUT2D eigenvalue weighted by atomic mass is 10.0. The fourth-order valence-electron chi connectivity index (χ4n) is 3.75. The van der Waals surface area contributed by atoms with E-state index in [4.69, 9.17) is 4.42 Å². The Bertz CT molecular complexity index is 1250. The molecule has 4 aromatic rings. The van der Waals surface area contributed by atoms with E-state index in [0.29, 0.717) is 11.5 Å². The van der Waals surface area contributed by atoms with Crippen LogP contribution in [0.5, 0.6) is 0 Å². The highest BCUT2D eigenvalue weighted by Gasteiger charge is 2.16. The molecule has 0 saturated carbocycles. The van der Waals surface area contributed by atoms with E-state index < -0.39 is 0 Å². The number of carbonyl (C=O) groups excluding carboxylic acids is 1. The molecule has 0 spiro atoms. The molecule has 4 heteroatoms. The summed E-state index contributed by atoms with van der Waals surface area (Å²) in [5, 5.41) is 3.04. The molecule has 0 bridgehead atoms. The highest BCUT2D eigenvalue weighted by atomic mass is 16.3. The monoisotopic (exact) mass is 384 g/mol. The second-order valence-electron chi connectivity index (χ2n) is 7.70. The second kappa shape index (κ2) is 7.21. The van der Waals surface area contributed by atoms with Gasteiger partial charge in [-0.2, -0.15) is 0 Å². The first-order valence-corrected chi connectivity index (χ1v) is 9.70. The summed E-state index contributed by atoms with van der Waals surface area (Å²) in [6.45, 7) is 10.0. The van der Waals surface area contributed by atoms with Crippen LogP contribution in [0, 0.1) is 34.6 Å². The van der Waals surface area contributed by atoms with E-state index in [1.54, 1.807) is 0 Å². The van der Waals surface area contributed by atoms with Gasteiger partial charge in [0.15, 0.2) is 5.58 Å². The van der Waals surface area contributed by atoms with Gasteiger partial charge in [-0.15, -0.1) is 0 Å². The number of nitrogens with zero attached hydrogens (tertiary/aromatic N) is 1. The molecule has 1 N–H and O–H groups in total. The minimum atomic E-state index is -0.119. The maximum Gasteiger partial charge on any atom is 0.255 e. The summed E-state index contributed by atoms with van der Waals surface area (Å²) in [5.74, 6) is 0.445. The van der Waals surface area contributed by atoms with Gasteiger partial charge in [-0.3, -0.25) is 4.79 Å². The van der Waals surface area contributed by atoms with Gasteiger partial charge in [0.25, 0.3) is 5.91 Å². The van der Waals surface area contributed by atoms with Crippen LogP contribution in [0.15, 0.2) is 52.9 Å². The summed E-state index contributed by atoms with van der Waals surface area (Å²) in [5.41, 5.74) is 9.19. The molecule has 29 heavy (non-hydrogen) atoms. The number of carbonyl (C=O) groups is 1. The largest absolute Gasteiger partial charge is 0.436 e. The number of aryl methyl sites for hydroxylation is 4. The molecule has 0 radical (unpaired) electrons. The Morgan fingerprint density at radius 3 is 2.41 bits per heavy atom. The molecule has 1 amide bonds. The number of aromatic nitrogens is 1. The smallest absolute Gasteiger partial charge is 0.255 e. The van der Waals surface area contributed by atoms with Crippen molar-refractivity contribution in [2.75, 3.05) is 5.32 Å². The Morgan fingerprint density at radius 2 is 1.66 bits per heavy atom. The van der Waals surface area contributed by atoms with E-state index in [1.165, 1.54) is 0 Å². The van der Waals surface area contributed by atoms with Crippen LogP contribution in [0.25, 0.3) is 22.6 Å². The van der Waals surface area contributed by atoms with Crippen molar-refractivity contribution in [1.82, 2.24) is 4.98 Å². The molecule has 3 aromatic carbocycles. The van der Waals surface area contributed by atoms with Gasteiger partial charge in [0.05, 0.1) is 0 Å². The third kappa shape index (κ3) is 3.54. The second-order valence-corrected chi connectivity index (χ2v) is 7.70. The SMILES string of the molecule is Cc1ccc(C(=O)Nc2cccc(-c3nc4cc(C)cc(C)c4o3)c2C)c(C)c1. The molecule has 0 aliphatic rings. The molecule has 0 unspecified atom stereocenters. The molecule has 1 aromatic heterocycles. The third-order valence-electron chi connectivity index (χ3n) is 5.26. The maximum atomic E-state index is 12.8. The average molecular weight is 384 g/mol. The summed E-state index contributed by atoms with van der Waals surface area (Å²) in [6, 6.07) is 15.7. The molecule has 4 rings (SSSR count). The van der Waals surface area contributed by atoms with E-state index in [2.05, 4.69) is 23.3 Å². The highest BCUT2D eigenvalue weighted by molar-refractivity contribution is 6.06. The number of hydrogen-bond acceptors (Lipinski definition) is 3. The molecule has 0 aliphatic carbocycles. The number of oxazole rings is 1. The normalized spacial score (nSPS) is 11.1. The Labute approximate surface area is 170 Å². The topological polar surface area (TPSA) is 55.1 Å². The van der Waals surface area contributed by atoms with Crippen LogP contribution in [0.2, 0.25) is 0 Å². The summed E-state index contributed by atoms with van der Waals surface area (Å²) in [4.78, 5) is 17.5. The van der Waals surface area contributed by atoms with Gasteiger partial charge in [-0.05, 0) is 81.1 Å². The van der Waals surface area contributed by atoms with Crippen molar-refractivity contribution in [3.63, 3.8) is 0 Å². The zero-order valence-corrected chi connectivity index (χ0v) is 17.4. The van der Waals surface area contributed by atoms with Gasteiger partial charge >= 0.3 is 0 Å². The van der Waals surface area contributed by atoms with Crippen LogP contribution in [0.3, 0.4) is 0 Å². The van der Waals surface area contributed by atoms with Gasteiger partial charge in [-0.25, -0.2) is 4.98 Å². The number of nitrogens with one attached hydrogen (secondary N) is 1. The minimum absolute atomic E-state index is 0.119. The highest BCUT2D eigenvalue weighted by Crippen LogP contribution is 2.32. The fourth-order valence-corrected chi connectivity index (χ4v) is 3.75. The molecule has 146 valence electrons. The van der Waals surface area contributed by atoms with Crippen LogP contribution in [0.4, 0.5) is 5.69 Å². The lowest BCUT2D eigenvalue weighted by Gasteiger charge is -2.12. The van der Waals surface area contributed by atoms with Gasteiger partial charge in [0.1, 0.15) is 5.52 Å². The molecular weight excluding hydrogens is 360 g/mol. The molecule has 1 heterocycles. The predicted molar refractivity (Wildman–Crippen MR) is 118 cm³/mol. The Balaban J connectivity index is 1.71. The molecular formula is C25H24N2O2. The van der Waals surface area contributed by atoms with Gasteiger partial charge in [0.2, 0.25) is 5.89 Å². The van der Waals surface area contributed by atoms with Crippen molar-refractivity contribution >= 4 is 22.7 Å².